The van der Waals surface area contributed by atoms with Gasteiger partial charge in [-0.2, -0.15) is 4.31 Å². The molecule has 0 aliphatic carbocycles. The van der Waals surface area contributed by atoms with E-state index < -0.39 is 10.0 Å². The molecule has 0 aromatic heterocycles. The standard InChI is InChI=1S/C21H26N2O3S/c24-27(25,17-11-18-6-2-1-3-7-18)23-14-12-22(13-15-23)20-10-16-26-21-9-5-4-8-19(20)21/h1-9,20H,10-17H2. The topological polar surface area (TPSA) is 49.9 Å². The second-order valence-corrected chi connectivity index (χ2v) is 9.27. The highest BCUT2D eigenvalue weighted by Gasteiger charge is 2.32. The van der Waals surface area contributed by atoms with Crippen LogP contribution in [0.15, 0.2) is 54.6 Å². The van der Waals surface area contributed by atoms with E-state index in [1.807, 2.05) is 48.5 Å². The summed E-state index contributed by atoms with van der Waals surface area (Å²) in [5.74, 6) is 1.14. The average Bonchev–Trinajstić information content (AvgIpc) is 2.73. The van der Waals surface area contributed by atoms with Gasteiger partial charge in [-0.1, -0.05) is 48.5 Å². The van der Waals surface area contributed by atoms with E-state index in [2.05, 4.69) is 11.0 Å². The Bertz CT molecular complexity index is 862. The molecule has 0 amide bonds. The Hall–Kier alpha value is -1.89. The molecule has 2 aromatic rings. The van der Waals surface area contributed by atoms with Gasteiger partial charge >= 0.3 is 0 Å². The van der Waals surface area contributed by atoms with Crippen molar-refractivity contribution in [1.82, 2.24) is 9.21 Å². The van der Waals surface area contributed by atoms with Crippen molar-refractivity contribution in [1.29, 1.82) is 0 Å². The number of piperazine rings is 1. The normalized spacial score (nSPS) is 21.4. The van der Waals surface area contributed by atoms with E-state index in [0.29, 0.717) is 25.6 Å². The minimum absolute atomic E-state index is 0.178. The van der Waals surface area contributed by atoms with Gasteiger partial charge < -0.3 is 4.74 Å². The Morgan fingerprint density at radius 2 is 1.63 bits per heavy atom. The van der Waals surface area contributed by atoms with Crippen molar-refractivity contribution in [3.05, 3.63) is 65.7 Å². The molecule has 1 atom stereocenters. The second kappa shape index (κ2) is 8.00. The van der Waals surface area contributed by atoms with Crippen LogP contribution in [0.5, 0.6) is 5.75 Å². The van der Waals surface area contributed by atoms with Crippen LogP contribution in [0.25, 0.3) is 0 Å². The van der Waals surface area contributed by atoms with Crippen LogP contribution in [0.4, 0.5) is 0 Å². The monoisotopic (exact) mass is 386 g/mol. The fraction of sp³-hybridized carbons (Fsp3) is 0.429. The van der Waals surface area contributed by atoms with Crippen molar-refractivity contribution in [3.8, 4) is 5.75 Å². The number of ether oxygens (including phenoxy) is 1. The van der Waals surface area contributed by atoms with Gasteiger partial charge in [0, 0.05) is 44.2 Å². The van der Waals surface area contributed by atoms with Gasteiger partial charge in [0.1, 0.15) is 5.75 Å². The van der Waals surface area contributed by atoms with Crippen molar-refractivity contribution in [2.75, 3.05) is 38.5 Å². The Morgan fingerprint density at radius 1 is 0.926 bits per heavy atom. The van der Waals surface area contributed by atoms with Gasteiger partial charge in [0.15, 0.2) is 0 Å². The fourth-order valence-electron chi connectivity index (χ4n) is 4.02. The number of aryl methyl sites for hydroxylation is 1. The average molecular weight is 387 g/mol. The summed E-state index contributed by atoms with van der Waals surface area (Å²) in [6.45, 7) is 3.39. The van der Waals surface area contributed by atoms with Crippen LogP contribution >= 0.6 is 0 Å². The van der Waals surface area contributed by atoms with E-state index in [1.165, 1.54) is 5.56 Å². The number of fused-ring (bicyclic) bond motifs is 1. The summed E-state index contributed by atoms with van der Waals surface area (Å²) < 4.78 is 32.9. The number of hydrogen-bond donors (Lipinski definition) is 0. The van der Waals surface area contributed by atoms with E-state index in [1.54, 1.807) is 4.31 Å². The molecular formula is C21H26N2O3S. The van der Waals surface area contributed by atoms with Crippen LogP contribution in [0.1, 0.15) is 23.6 Å². The number of benzene rings is 2. The third-order valence-electron chi connectivity index (χ3n) is 5.53. The van der Waals surface area contributed by atoms with Crippen molar-refractivity contribution >= 4 is 10.0 Å². The first kappa shape index (κ1) is 18.5. The Kier molecular flexibility index (Phi) is 5.48. The van der Waals surface area contributed by atoms with Gasteiger partial charge in [0.2, 0.25) is 10.0 Å². The van der Waals surface area contributed by atoms with Gasteiger partial charge in [-0.25, -0.2) is 8.42 Å². The fourth-order valence-corrected chi connectivity index (χ4v) is 5.49. The highest BCUT2D eigenvalue weighted by atomic mass is 32.2. The summed E-state index contributed by atoms with van der Waals surface area (Å²) in [6, 6.07) is 18.3. The molecule has 144 valence electrons. The minimum atomic E-state index is -3.21. The summed E-state index contributed by atoms with van der Waals surface area (Å²) in [5, 5.41) is 0. The van der Waals surface area contributed by atoms with Gasteiger partial charge in [-0.15, -0.1) is 0 Å². The molecule has 6 heteroatoms. The van der Waals surface area contributed by atoms with Crippen LogP contribution in [-0.4, -0.2) is 56.2 Å². The molecule has 0 N–H and O–H groups in total. The minimum Gasteiger partial charge on any atom is -0.493 e. The maximum atomic E-state index is 12.7. The van der Waals surface area contributed by atoms with Crippen molar-refractivity contribution in [2.45, 2.75) is 18.9 Å². The summed E-state index contributed by atoms with van der Waals surface area (Å²) in [7, 11) is -3.21. The third-order valence-corrected chi connectivity index (χ3v) is 7.40. The summed E-state index contributed by atoms with van der Waals surface area (Å²) in [6.07, 6.45) is 1.52. The first-order valence-corrected chi connectivity index (χ1v) is 11.2. The lowest BCUT2D eigenvalue weighted by atomic mass is 9.98. The smallest absolute Gasteiger partial charge is 0.214 e. The zero-order valence-electron chi connectivity index (χ0n) is 15.5. The van der Waals surface area contributed by atoms with Crippen LogP contribution in [0.2, 0.25) is 0 Å². The van der Waals surface area contributed by atoms with Gasteiger partial charge in [0.25, 0.3) is 0 Å². The molecule has 1 saturated heterocycles. The SMILES string of the molecule is O=S(=O)(CCc1ccccc1)N1CCN(C2CCOc3ccccc32)CC1. The summed E-state index contributed by atoms with van der Waals surface area (Å²) in [4.78, 5) is 2.41. The molecule has 0 radical (unpaired) electrons. The van der Waals surface area contributed by atoms with Crippen molar-refractivity contribution < 1.29 is 13.2 Å². The molecule has 5 nitrogen and oxygen atoms in total. The predicted molar refractivity (Wildman–Crippen MR) is 106 cm³/mol. The highest BCUT2D eigenvalue weighted by Crippen LogP contribution is 2.36. The predicted octanol–water partition coefficient (Wildman–Crippen LogP) is 2.70. The largest absolute Gasteiger partial charge is 0.493 e. The van der Waals surface area contributed by atoms with Crippen LogP contribution in [-0.2, 0) is 16.4 Å². The summed E-state index contributed by atoms with van der Waals surface area (Å²) in [5.41, 5.74) is 2.29. The van der Waals surface area contributed by atoms with Crippen LogP contribution < -0.4 is 4.74 Å². The molecule has 4 rings (SSSR count). The second-order valence-electron chi connectivity index (χ2n) is 7.18. The van der Waals surface area contributed by atoms with E-state index in [4.69, 9.17) is 4.74 Å². The molecule has 0 saturated carbocycles. The molecule has 2 heterocycles. The molecule has 2 aliphatic heterocycles. The Balaban J connectivity index is 1.36. The number of para-hydroxylation sites is 1. The molecule has 0 bridgehead atoms. The molecular weight excluding hydrogens is 360 g/mol. The zero-order valence-corrected chi connectivity index (χ0v) is 16.3. The van der Waals surface area contributed by atoms with E-state index in [0.717, 1.165) is 37.4 Å². The van der Waals surface area contributed by atoms with Crippen molar-refractivity contribution in [3.63, 3.8) is 0 Å². The van der Waals surface area contributed by atoms with Gasteiger partial charge in [-0.3, -0.25) is 4.90 Å². The lowest BCUT2D eigenvalue weighted by molar-refractivity contribution is 0.103. The van der Waals surface area contributed by atoms with Crippen molar-refractivity contribution in [2.24, 2.45) is 0 Å². The third kappa shape index (κ3) is 4.18. The molecule has 2 aromatic carbocycles. The van der Waals surface area contributed by atoms with E-state index in [-0.39, 0.29) is 5.75 Å². The maximum Gasteiger partial charge on any atom is 0.214 e. The summed E-state index contributed by atoms with van der Waals surface area (Å²) >= 11 is 0. The number of rotatable bonds is 5. The molecule has 27 heavy (non-hydrogen) atoms. The maximum absolute atomic E-state index is 12.7. The molecule has 2 aliphatic rings. The highest BCUT2D eigenvalue weighted by molar-refractivity contribution is 7.89. The first-order valence-electron chi connectivity index (χ1n) is 9.61. The van der Waals surface area contributed by atoms with E-state index >= 15 is 0 Å². The first-order chi connectivity index (χ1) is 13.1. The number of sulfonamides is 1. The van der Waals surface area contributed by atoms with Gasteiger partial charge in [-0.05, 0) is 18.1 Å². The Morgan fingerprint density at radius 3 is 2.41 bits per heavy atom. The van der Waals surface area contributed by atoms with Crippen LogP contribution in [0.3, 0.4) is 0 Å². The quantitative estimate of drug-likeness (QED) is 0.793. The van der Waals surface area contributed by atoms with Crippen LogP contribution in [0, 0.1) is 0 Å². The molecule has 1 fully saturated rings. The molecule has 1 unspecified atom stereocenters. The zero-order chi connectivity index (χ0) is 18.7. The number of hydrogen-bond acceptors (Lipinski definition) is 4. The Labute approximate surface area is 161 Å². The number of nitrogens with zero attached hydrogens (tertiary/aromatic N) is 2. The lowest BCUT2D eigenvalue weighted by Gasteiger charge is -2.40. The molecule has 0 spiro atoms. The lowest BCUT2D eigenvalue weighted by Crippen LogP contribution is -2.50. The van der Waals surface area contributed by atoms with E-state index in [9.17, 15) is 8.42 Å². The van der Waals surface area contributed by atoms with Gasteiger partial charge in [0.05, 0.1) is 12.4 Å².